The van der Waals surface area contributed by atoms with E-state index in [1.54, 1.807) is 13.8 Å². The number of Topliss-reactive ketones (excluding diaryl/α,β-unsaturated/α-hetero) is 2. The fourth-order valence-corrected chi connectivity index (χ4v) is 4.51. The lowest BCUT2D eigenvalue weighted by atomic mass is 9.98. The number of hydrogen-bond donors (Lipinski definition) is 0. The highest BCUT2D eigenvalue weighted by molar-refractivity contribution is 5.94. The topological polar surface area (TPSA) is 34.1 Å². The Kier molecular flexibility index (Phi) is 9.96. The molecule has 0 N–H and O–H groups in total. The van der Waals surface area contributed by atoms with E-state index in [1.807, 2.05) is 66.7 Å². The average molecular weight is 525 g/mol. The number of benzene rings is 5. The van der Waals surface area contributed by atoms with Gasteiger partial charge in [-0.2, -0.15) is 0 Å². The van der Waals surface area contributed by atoms with Crippen molar-refractivity contribution in [2.24, 2.45) is 0 Å². The summed E-state index contributed by atoms with van der Waals surface area (Å²) in [6, 6.07) is 43.5. The second-order valence-electron chi connectivity index (χ2n) is 10.3. The van der Waals surface area contributed by atoms with Crippen LogP contribution < -0.4 is 0 Å². The maximum absolute atomic E-state index is 11.4. The summed E-state index contributed by atoms with van der Waals surface area (Å²) in [5.41, 5.74) is 10.4. The van der Waals surface area contributed by atoms with Crippen molar-refractivity contribution in [2.75, 3.05) is 0 Å². The van der Waals surface area contributed by atoms with Gasteiger partial charge in [-0.25, -0.2) is 0 Å². The van der Waals surface area contributed by atoms with Gasteiger partial charge < -0.3 is 0 Å². The molecule has 0 unspecified atom stereocenters. The van der Waals surface area contributed by atoms with Crippen LogP contribution >= 0.6 is 0 Å². The molecule has 0 aliphatic rings. The van der Waals surface area contributed by atoms with Gasteiger partial charge in [0.05, 0.1) is 0 Å². The standard InChI is InChI=1S/C31H28O2.C7H8/c1-22(32)30-15-11-28(12-16-30)20-26-7-3-24(4-8-26)19-25-5-9-27(10-6-25)21-29-13-17-31(18-14-29)23(2)33;1-7-5-3-2-4-6-7/h3-18H,19-21H2,1-2H3;2-6H,1H3. The van der Waals surface area contributed by atoms with Crippen LogP contribution in [0.5, 0.6) is 0 Å². The summed E-state index contributed by atoms with van der Waals surface area (Å²) >= 11 is 0. The normalized spacial score (nSPS) is 10.4. The molecule has 0 radical (unpaired) electrons. The molecule has 0 fully saturated rings. The zero-order valence-electron chi connectivity index (χ0n) is 23.6. The van der Waals surface area contributed by atoms with E-state index < -0.39 is 0 Å². The van der Waals surface area contributed by atoms with Crippen molar-refractivity contribution in [2.45, 2.75) is 40.0 Å². The quantitative estimate of drug-likeness (QED) is 0.190. The molecule has 0 aliphatic carbocycles. The summed E-state index contributed by atoms with van der Waals surface area (Å²) in [6.07, 6.45) is 2.63. The van der Waals surface area contributed by atoms with Gasteiger partial charge in [0.25, 0.3) is 0 Å². The van der Waals surface area contributed by atoms with Gasteiger partial charge in [0.15, 0.2) is 11.6 Å². The first-order valence-corrected chi connectivity index (χ1v) is 13.7. The highest BCUT2D eigenvalue weighted by Gasteiger charge is 2.04. The molecule has 5 aromatic rings. The Morgan fingerprint density at radius 1 is 0.400 bits per heavy atom. The van der Waals surface area contributed by atoms with E-state index in [4.69, 9.17) is 0 Å². The fraction of sp³-hybridized carbons (Fsp3) is 0.158. The van der Waals surface area contributed by atoms with Crippen LogP contribution in [0.4, 0.5) is 0 Å². The summed E-state index contributed by atoms with van der Waals surface area (Å²) in [4.78, 5) is 22.8. The molecular weight excluding hydrogens is 488 g/mol. The van der Waals surface area contributed by atoms with Gasteiger partial charge in [-0.05, 0) is 73.4 Å². The summed E-state index contributed by atoms with van der Waals surface area (Å²) < 4.78 is 0. The molecule has 2 nitrogen and oxygen atoms in total. The highest BCUT2D eigenvalue weighted by Crippen LogP contribution is 2.17. The SMILES string of the molecule is CC(=O)c1ccc(Cc2ccc(Cc3ccc(Cc4ccc(C(C)=O)cc4)cc3)cc2)cc1.Cc1ccccc1. The highest BCUT2D eigenvalue weighted by atomic mass is 16.1. The summed E-state index contributed by atoms with van der Waals surface area (Å²) in [7, 11) is 0. The predicted molar refractivity (Wildman–Crippen MR) is 165 cm³/mol. The van der Waals surface area contributed by atoms with E-state index in [1.165, 1.54) is 38.9 Å². The van der Waals surface area contributed by atoms with Gasteiger partial charge in [0.2, 0.25) is 0 Å². The van der Waals surface area contributed by atoms with Crippen molar-refractivity contribution in [1.29, 1.82) is 0 Å². The van der Waals surface area contributed by atoms with E-state index >= 15 is 0 Å². The number of ketones is 2. The van der Waals surface area contributed by atoms with Crippen LogP contribution in [0.3, 0.4) is 0 Å². The van der Waals surface area contributed by atoms with Crippen molar-refractivity contribution < 1.29 is 9.59 Å². The monoisotopic (exact) mass is 524 g/mol. The summed E-state index contributed by atoms with van der Waals surface area (Å²) in [5, 5.41) is 0. The lowest BCUT2D eigenvalue weighted by Crippen LogP contribution is -1.95. The van der Waals surface area contributed by atoms with Gasteiger partial charge in [-0.1, -0.05) is 133 Å². The van der Waals surface area contributed by atoms with E-state index in [0.717, 1.165) is 30.4 Å². The van der Waals surface area contributed by atoms with E-state index in [9.17, 15) is 9.59 Å². The zero-order valence-corrected chi connectivity index (χ0v) is 23.6. The second-order valence-corrected chi connectivity index (χ2v) is 10.3. The van der Waals surface area contributed by atoms with Crippen LogP contribution in [0.15, 0.2) is 127 Å². The Bertz CT molecular complexity index is 1410. The van der Waals surface area contributed by atoms with E-state index in [0.29, 0.717) is 0 Å². The number of hydrogen-bond acceptors (Lipinski definition) is 2. The molecule has 2 heteroatoms. The van der Waals surface area contributed by atoms with Crippen LogP contribution in [-0.2, 0) is 19.3 Å². The molecule has 200 valence electrons. The van der Waals surface area contributed by atoms with Crippen molar-refractivity contribution in [3.8, 4) is 0 Å². The van der Waals surface area contributed by atoms with Gasteiger partial charge in [-0.15, -0.1) is 0 Å². The minimum Gasteiger partial charge on any atom is -0.295 e. The Morgan fingerprint density at radius 3 is 0.850 bits per heavy atom. The number of carbonyl (C=O) groups excluding carboxylic acids is 2. The van der Waals surface area contributed by atoms with Crippen LogP contribution in [0, 0.1) is 6.92 Å². The number of aryl methyl sites for hydroxylation is 1. The molecule has 0 bridgehead atoms. The van der Waals surface area contributed by atoms with Gasteiger partial charge in [-0.3, -0.25) is 9.59 Å². The van der Waals surface area contributed by atoms with Crippen LogP contribution in [0.25, 0.3) is 0 Å². The van der Waals surface area contributed by atoms with Crippen LogP contribution in [0.2, 0.25) is 0 Å². The Morgan fingerprint density at radius 2 is 0.650 bits per heavy atom. The maximum atomic E-state index is 11.4. The minimum atomic E-state index is 0.0993. The Balaban J connectivity index is 0.000000461. The van der Waals surface area contributed by atoms with E-state index in [2.05, 4.69) is 67.6 Å². The van der Waals surface area contributed by atoms with Gasteiger partial charge >= 0.3 is 0 Å². The third kappa shape index (κ3) is 8.74. The average Bonchev–Trinajstić information content (AvgIpc) is 2.96. The number of carbonyl (C=O) groups is 2. The van der Waals surface area contributed by atoms with Crippen molar-refractivity contribution in [3.63, 3.8) is 0 Å². The molecule has 5 aromatic carbocycles. The first kappa shape index (κ1) is 28.4. The van der Waals surface area contributed by atoms with E-state index in [-0.39, 0.29) is 11.6 Å². The van der Waals surface area contributed by atoms with Gasteiger partial charge in [0.1, 0.15) is 0 Å². The molecule has 40 heavy (non-hydrogen) atoms. The first-order chi connectivity index (χ1) is 19.4. The molecule has 0 amide bonds. The molecule has 0 saturated carbocycles. The largest absolute Gasteiger partial charge is 0.295 e. The lowest BCUT2D eigenvalue weighted by molar-refractivity contribution is 0.100. The molecular formula is C38H36O2. The molecule has 0 heterocycles. The molecule has 0 spiro atoms. The Hall–Kier alpha value is -4.56. The summed E-state index contributed by atoms with van der Waals surface area (Å²) in [5.74, 6) is 0.199. The van der Waals surface area contributed by atoms with Crippen LogP contribution in [0.1, 0.15) is 73.5 Å². The predicted octanol–water partition coefficient (Wildman–Crippen LogP) is 8.86. The van der Waals surface area contributed by atoms with Crippen molar-refractivity contribution >= 4 is 11.6 Å². The third-order valence-corrected chi connectivity index (χ3v) is 6.93. The third-order valence-electron chi connectivity index (χ3n) is 6.93. The molecule has 0 atom stereocenters. The van der Waals surface area contributed by atoms with Crippen LogP contribution in [-0.4, -0.2) is 11.6 Å². The smallest absolute Gasteiger partial charge is 0.159 e. The lowest BCUT2D eigenvalue weighted by Gasteiger charge is -2.07. The zero-order chi connectivity index (χ0) is 28.3. The number of rotatable bonds is 8. The Labute approximate surface area is 238 Å². The second kappa shape index (κ2) is 14.0. The van der Waals surface area contributed by atoms with Crippen molar-refractivity contribution in [3.05, 3.63) is 177 Å². The fourth-order valence-electron chi connectivity index (χ4n) is 4.51. The first-order valence-electron chi connectivity index (χ1n) is 13.7. The molecule has 5 rings (SSSR count). The molecule has 0 aromatic heterocycles. The maximum Gasteiger partial charge on any atom is 0.159 e. The molecule has 0 saturated heterocycles. The minimum absolute atomic E-state index is 0.0993. The molecule has 0 aliphatic heterocycles. The van der Waals surface area contributed by atoms with Crippen molar-refractivity contribution in [1.82, 2.24) is 0 Å². The summed E-state index contributed by atoms with van der Waals surface area (Å²) in [6.45, 7) is 5.27. The van der Waals surface area contributed by atoms with Gasteiger partial charge in [0, 0.05) is 11.1 Å².